The van der Waals surface area contributed by atoms with Gasteiger partial charge in [0.15, 0.2) is 11.6 Å². The van der Waals surface area contributed by atoms with E-state index >= 15 is 0 Å². The molecule has 0 bridgehead atoms. The van der Waals surface area contributed by atoms with Crippen LogP contribution in [0.5, 0.6) is 5.88 Å². The van der Waals surface area contributed by atoms with E-state index in [4.69, 9.17) is 9.47 Å². The molecule has 142 valence electrons. The second-order valence-electron chi connectivity index (χ2n) is 5.74. The van der Waals surface area contributed by atoms with Gasteiger partial charge >= 0.3 is 5.97 Å². The van der Waals surface area contributed by atoms with Gasteiger partial charge in [0.1, 0.15) is 16.3 Å². The van der Waals surface area contributed by atoms with Gasteiger partial charge in [0.05, 0.1) is 25.1 Å². The first kappa shape index (κ1) is 18.1. The lowest BCUT2D eigenvalue weighted by Gasteiger charge is -2.06. The van der Waals surface area contributed by atoms with Gasteiger partial charge in [-0.25, -0.2) is 23.2 Å². The molecule has 0 unspecified atom stereocenters. The van der Waals surface area contributed by atoms with Crippen LogP contribution in [0.3, 0.4) is 0 Å². The predicted octanol–water partition coefficient (Wildman–Crippen LogP) is 4.22. The van der Waals surface area contributed by atoms with Gasteiger partial charge < -0.3 is 9.47 Å². The SMILES string of the molecule is COC(=O)c1cc(-c2nn(-c3c(F)cccc3F)c3ccnc(OC)c23)cs1. The van der Waals surface area contributed by atoms with Crippen molar-refractivity contribution in [3.05, 3.63) is 58.4 Å². The van der Waals surface area contributed by atoms with E-state index in [0.717, 1.165) is 12.1 Å². The zero-order chi connectivity index (χ0) is 19.8. The van der Waals surface area contributed by atoms with Crippen LogP contribution in [0, 0.1) is 11.6 Å². The highest BCUT2D eigenvalue weighted by Crippen LogP contribution is 2.37. The minimum atomic E-state index is -0.757. The normalized spacial score (nSPS) is 11.0. The van der Waals surface area contributed by atoms with E-state index in [0.29, 0.717) is 27.0 Å². The van der Waals surface area contributed by atoms with Gasteiger partial charge in [-0.2, -0.15) is 5.10 Å². The molecule has 4 rings (SSSR count). The summed E-state index contributed by atoms with van der Waals surface area (Å²) in [6, 6.07) is 6.79. The molecule has 0 aliphatic heterocycles. The number of hydrogen-bond acceptors (Lipinski definition) is 6. The first-order valence-electron chi connectivity index (χ1n) is 8.08. The van der Waals surface area contributed by atoms with Gasteiger partial charge in [-0.15, -0.1) is 11.3 Å². The molecule has 6 nitrogen and oxygen atoms in total. The van der Waals surface area contributed by atoms with E-state index < -0.39 is 17.6 Å². The maximum absolute atomic E-state index is 14.4. The molecule has 0 radical (unpaired) electrons. The van der Waals surface area contributed by atoms with Crippen molar-refractivity contribution in [2.75, 3.05) is 14.2 Å². The van der Waals surface area contributed by atoms with Gasteiger partial charge in [-0.05, 0) is 24.3 Å². The predicted molar refractivity (Wildman–Crippen MR) is 100.0 cm³/mol. The third-order valence-electron chi connectivity index (χ3n) is 4.16. The summed E-state index contributed by atoms with van der Waals surface area (Å²) >= 11 is 1.18. The van der Waals surface area contributed by atoms with E-state index in [-0.39, 0.29) is 11.6 Å². The molecule has 0 amide bonds. The summed E-state index contributed by atoms with van der Waals surface area (Å²) in [7, 11) is 2.74. The monoisotopic (exact) mass is 401 g/mol. The number of aromatic nitrogens is 3. The zero-order valence-electron chi connectivity index (χ0n) is 14.8. The fourth-order valence-corrected chi connectivity index (χ4v) is 3.73. The molecule has 4 aromatic rings. The smallest absolute Gasteiger partial charge is 0.348 e. The molecule has 3 aromatic heterocycles. The van der Waals surface area contributed by atoms with Crippen molar-refractivity contribution in [3.63, 3.8) is 0 Å². The van der Waals surface area contributed by atoms with Gasteiger partial charge in [0.2, 0.25) is 5.88 Å². The molecule has 0 fully saturated rings. The van der Waals surface area contributed by atoms with Crippen molar-refractivity contribution in [1.29, 1.82) is 0 Å². The van der Waals surface area contributed by atoms with Gasteiger partial charge in [-0.1, -0.05) is 6.07 Å². The molecule has 0 saturated heterocycles. The number of methoxy groups -OCH3 is 2. The van der Waals surface area contributed by atoms with Crippen molar-refractivity contribution in [1.82, 2.24) is 14.8 Å². The Balaban J connectivity index is 2.02. The minimum absolute atomic E-state index is 0.251. The molecular formula is C19H13F2N3O3S. The topological polar surface area (TPSA) is 66.2 Å². The Hall–Kier alpha value is -3.33. The second kappa shape index (κ2) is 7.01. The highest BCUT2D eigenvalue weighted by atomic mass is 32.1. The van der Waals surface area contributed by atoms with Crippen LogP contribution in [0.2, 0.25) is 0 Å². The number of pyridine rings is 1. The number of carbonyl (C=O) groups is 1. The van der Waals surface area contributed by atoms with Crippen LogP contribution in [0.15, 0.2) is 41.9 Å². The molecule has 3 heterocycles. The highest BCUT2D eigenvalue weighted by molar-refractivity contribution is 7.12. The molecule has 28 heavy (non-hydrogen) atoms. The van der Waals surface area contributed by atoms with Gasteiger partial charge in [0.25, 0.3) is 0 Å². The number of rotatable bonds is 4. The Labute approximate surface area is 162 Å². The molecular weight excluding hydrogens is 388 g/mol. The maximum atomic E-state index is 14.4. The minimum Gasteiger partial charge on any atom is -0.480 e. The average molecular weight is 401 g/mol. The second-order valence-corrected chi connectivity index (χ2v) is 6.65. The lowest BCUT2D eigenvalue weighted by atomic mass is 10.1. The Morgan fingerprint density at radius 3 is 2.61 bits per heavy atom. The third-order valence-corrected chi connectivity index (χ3v) is 5.07. The molecule has 1 aromatic carbocycles. The molecule has 0 N–H and O–H groups in total. The summed E-state index contributed by atoms with van der Waals surface area (Å²) in [4.78, 5) is 16.3. The number of halogens is 2. The summed E-state index contributed by atoms with van der Waals surface area (Å²) in [5.41, 5.74) is 1.07. The maximum Gasteiger partial charge on any atom is 0.348 e. The van der Waals surface area contributed by atoms with Crippen LogP contribution in [-0.2, 0) is 4.74 Å². The summed E-state index contributed by atoms with van der Waals surface area (Å²) in [5, 5.41) is 6.61. The van der Waals surface area contributed by atoms with Crippen LogP contribution < -0.4 is 4.74 Å². The number of para-hydroxylation sites is 1. The van der Waals surface area contributed by atoms with Crippen molar-refractivity contribution in [3.8, 4) is 22.8 Å². The Bertz CT molecular complexity index is 1180. The number of fused-ring (bicyclic) bond motifs is 1. The van der Waals surface area contributed by atoms with E-state index in [1.165, 1.54) is 42.5 Å². The average Bonchev–Trinajstić information content (AvgIpc) is 3.32. The van der Waals surface area contributed by atoms with E-state index in [9.17, 15) is 13.6 Å². The standard InChI is InChI=1S/C19H13F2N3O3S/c1-26-18-15-13(6-7-22-18)24(17-11(20)4-3-5-12(17)21)23-16(15)10-8-14(28-9-10)19(25)27-2/h3-9H,1-2H3. The number of esters is 1. The number of ether oxygens (including phenoxy) is 2. The highest BCUT2D eigenvalue weighted by Gasteiger charge is 2.23. The van der Waals surface area contributed by atoms with E-state index in [1.54, 1.807) is 17.5 Å². The Morgan fingerprint density at radius 1 is 1.18 bits per heavy atom. The molecule has 0 spiro atoms. The number of carbonyl (C=O) groups excluding carboxylic acids is 1. The molecule has 0 aliphatic carbocycles. The summed E-state index contributed by atoms with van der Waals surface area (Å²) in [6.07, 6.45) is 1.47. The number of benzene rings is 1. The third kappa shape index (κ3) is 2.80. The largest absolute Gasteiger partial charge is 0.480 e. The summed E-state index contributed by atoms with van der Waals surface area (Å²) in [5.74, 6) is -1.74. The van der Waals surface area contributed by atoms with Gasteiger partial charge in [0, 0.05) is 17.1 Å². The lowest BCUT2D eigenvalue weighted by molar-refractivity contribution is 0.0606. The van der Waals surface area contributed by atoms with E-state index in [2.05, 4.69) is 10.1 Å². The number of nitrogens with zero attached hydrogens (tertiary/aromatic N) is 3. The van der Waals surface area contributed by atoms with Crippen molar-refractivity contribution >= 4 is 28.2 Å². The van der Waals surface area contributed by atoms with Crippen molar-refractivity contribution < 1.29 is 23.0 Å². The van der Waals surface area contributed by atoms with Crippen LogP contribution in [0.25, 0.3) is 27.8 Å². The quantitative estimate of drug-likeness (QED) is 0.479. The molecule has 0 saturated carbocycles. The van der Waals surface area contributed by atoms with Crippen LogP contribution >= 0.6 is 11.3 Å². The first-order chi connectivity index (χ1) is 13.5. The number of hydrogen-bond donors (Lipinski definition) is 0. The van der Waals surface area contributed by atoms with Crippen LogP contribution in [0.1, 0.15) is 9.67 Å². The van der Waals surface area contributed by atoms with Gasteiger partial charge in [-0.3, -0.25) is 0 Å². The molecule has 0 atom stereocenters. The fourth-order valence-electron chi connectivity index (χ4n) is 2.92. The van der Waals surface area contributed by atoms with Crippen LogP contribution in [0.4, 0.5) is 8.78 Å². The van der Waals surface area contributed by atoms with Crippen LogP contribution in [-0.4, -0.2) is 35.0 Å². The molecule has 0 aliphatic rings. The molecule has 9 heteroatoms. The fraction of sp³-hybridized carbons (Fsp3) is 0.105. The summed E-state index contributed by atoms with van der Waals surface area (Å²) in [6.45, 7) is 0. The Morgan fingerprint density at radius 2 is 1.93 bits per heavy atom. The summed E-state index contributed by atoms with van der Waals surface area (Å²) < 4.78 is 40.1. The Kier molecular flexibility index (Phi) is 4.52. The number of thiophene rings is 1. The van der Waals surface area contributed by atoms with Crippen molar-refractivity contribution in [2.45, 2.75) is 0 Å². The van der Waals surface area contributed by atoms with E-state index in [1.807, 2.05) is 0 Å². The van der Waals surface area contributed by atoms with Crippen molar-refractivity contribution in [2.24, 2.45) is 0 Å². The zero-order valence-corrected chi connectivity index (χ0v) is 15.6. The first-order valence-corrected chi connectivity index (χ1v) is 8.96. The lowest BCUT2D eigenvalue weighted by Crippen LogP contribution is -2.03.